The molecule has 2 heterocycles. The van der Waals surface area contributed by atoms with E-state index in [9.17, 15) is 4.79 Å². The Hall–Kier alpha value is -0.930. The number of aryl methyl sites for hydroxylation is 2. The Morgan fingerprint density at radius 2 is 0.717 bits per heavy atom. The maximum Gasteiger partial charge on any atom is 0.143 e. The molecule has 0 N–H and O–H groups in total. The van der Waals surface area contributed by atoms with E-state index in [2.05, 4.69) is 36.7 Å². The highest BCUT2D eigenvalue weighted by Gasteiger charge is 2.23. The zero-order valence-electron chi connectivity index (χ0n) is 30.8. The molecule has 0 spiro atoms. The molecule has 264 valence electrons. The number of carbonyl (C=O) groups excluding carboxylic acids is 1. The van der Waals surface area contributed by atoms with Gasteiger partial charge in [-0.05, 0) is 66.6 Å². The molecule has 0 unspecified atom stereocenters. The van der Waals surface area contributed by atoms with E-state index in [0.717, 1.165) is 12.8 Å². The van der Waals surface area contributed by atoms with Gasteiger partial charge in [-0.2, -0.15) is 0 Å². The average molecular weight is 671 g/mol. The Morgan fingerprint density at radius 3 is 0.978 bits per heavy atom. The average Bonchev–Trinajstić information content (AvgIpc) is 3.71. The number of ketones is 1. The van der Waals surface area contributed by atoms with Gasteiger partial charge in [-0.25, -0.2) is 0 Å². The molecule has 0 aromatic carbocycles. The quantitative estimate of drug-likeness (QED) is 0.0691. The summed E-state index contributed by atoms with van der Waals surface area (Å²) in [5.41, 5.74) is 2.87. The molecule has 0 atom stereocenters. The van der Waals surface area contributed by atoms with Gasteiger partial charge in [-0.15, -0.1) is 22.7 Å². The van der Waals surface area contributed by atoms with Gasteiger partial charge in [0.15, 0.2) is 0 Å². The van der Waals surface area contributed by atoms with Gasteiger partial charge < -0.3 is 0 Å². The van der Waals surface area contributed by atoms with Crippen molar-refractivity contribution in [2.24, 2.45) is 0 Å². The lowest BCUT2D eigenvalue weighted by molar-refractivity contribution is -0.117. The van der Waals surface area contributed by atoms with Crippen LogP contribution in [-0.2, 0) is 17.6 Å². The summed E-state index contributed by atoms with van der Waals surface area (Å²) in [6.45, 7) is 6.38. The highest BCUT2D eigenvalue weighted by Crippen LogP contribution is 2.35. The second-order valence-electron chi connectivity index (χ2n) is 14.5. The first kappa shape index (κ1) is 41.2. The van der Waals surface area contributed by atoms with Gasteiger partial charge in [0, 0.05) is 9.75 Å². The van der Waals surface area contributed by atoms with Gasteiger partial charge in [-0.3, -0.25) is 4.79 Å². The minimum absolute atomic E-state index is 0.0646. The summed E-state index contributed by atoms with van der Waals surface area (Å²) in [7, 11) is 0. The molecule has 1 nitrogen and oxygen atoms in total. The zero-order valence-corrected chi connectivity index (χ0v) is 32.5. The largest absolute Gasteiger partial charge is 0.299 e. The van der Waals surface area contributed by atoms with Gasteiger partial charge in [-0.1, -0.05) is 181 Å². The third-order valence-corrected chi connectivity index (χ3v) is 12.1. The van der Waals surface area contributed by atoms with Crippen molar-refractivity contribution in [3.05, 3.63) is 43.8 Å². The van der Waals surface area contributed by atoms with E-state index in [0.29, 0.717) is 0 Å². The van der Waals surface area contributed by atoms with Gasteiger partial charge in [0.25, 0.3) is 0 Å². The topological polar surface area (TPSA) is 17.1 Å². The first-order valence-corrected chi connectivity index (χ1v) is 22.1. The molecule has 2 aromatic rings. The Labute approximate surface area is 295 Å². The van der Waals surface area contributed by atoms with Crippen LogP contribution >= 0.6 is 22.7 Å². The number of hydrogen-bond acceptors (Lipinski definition) is 3. The van der Waals surface area contributed by atoms with Crippen molar-refractivity contribution < 1.29 is 4.79 Å². The lowest BCUT2D eigenvalue weighted by Gasteiger charge is -2.09. The van der Waals surface area contributed by atoms with Gasteiger partial charge in [0.05, 0.1) is 5.92 Å². The number of thiophene rings is 2. The zero-order chi connectivity index (χ0) is 32.9. The fourth-order valence-corrected chi connectivity index (χ4v) is 9.26. The van der Waals surface area contributed by atoms with Crippen LogP contribution in [0.5, 0.6) is 0 Å². The first-order chi connectivity index (χ1) is 22.7. The summed E-state index contributed by atoms with van der Waals surface area (Å²) in [5, 5.41) is 4.63. The van der Waals surface area contributed by atoms with Crippen molar-refractivity contribution in [1.82, 2.24) is 0 Å². The van der Waals surface area contributed by atoms with Crippen LogP contribution in [0.1, 0.15) is 227 Å². The smallest absolute Gasteiger partial charge is 0.143 e. The fourth-order valence-electron chi connectivity index (χ4n) is 6.94. The first-order valence-electron chi connectivity index (χ1n) is 20.3. The van der Waals surface area contributed by atoms with Crippen molar-refractivity contribution >= 4 is 28.5 Å². The molecule has 0 aliphatic carbocycles. The highest BCUT2D eigenvalue weighted by molar-refractivity contribution is 7.12. The van der Waals surface area contributed by atoms with Crippen molar-refractivity contribution in [2.45, 2.75) is 219 Å². The summed E-state index contributed by atoms with van der Waals surface area (Å²) in [4.78, 5) is 15.3. The molecule has 3 heteroatoms. The van der Waals surface area contributed by atoms with E-state index in [1.165, 1.54) is 201 Å². The molecule has 0 amide bonds. The van der Waals surface area contributed by atoms with Gasteiger partial charge in [0.2, 0.25) is 0 Å². The van der Waals surface area contributed by atoms with E-state index in [1.807, 2.05) is 0 Å². The van der Waals surface area contributed by atoms with E-state index in [1.54, 1.807) is 29.6 Å². The maximum atomic E-state index is 12.8. The van der Waals surface area contributed by atoms with Crippen molar-refractivity contribution in [2.75, 3.05) is 0 Å². The maximum absolute atomic E-state index is 12.8. The molecule has 2 aromatic heterocycles. The highest BCUT2D eigenvalue weighted by atomic mass is 32.1. The van der Waals surface area contributed by atoms with E-state index >= 15 is 0 Å². The van der Waals surface area contributed by atoms with E-state index in [-0.39, 0.29) is 11.7 Å². The normalized spacial score (nSPS) is 11.7. The van der Waals surface area contributed by atoms with Crippen molar-refractivity contribution in [3.63, 3.8) is 0 Å². The Balaban J connectivity index is 1.53. The molecule has 46 heavy (non-hydrogen) atoms. The van der Waals surface area contributed by atoms with Crippen LogP contribution in [-0.4, -0.2) is 5.78 Å². The third-order valence-electron chi connectivity index (χ3n) is 9.96. The molecular weight excluding hydrogens is 597 g/mol. The lowest BCUT2D eigenvalue weighted by atomic mass is 9.98. The number of unbranched alkanes of at least 4 members (excludes halogenated alkanes) is 26. The van der Waals surface area contributed by atoms with Crippen LogP contribution in [0.3, 0.4) is 0 Å². The molecule has 0 aliphatic rings. The molecule has 0 fully saturated rings. The Bertz CT molecular complexity index is 885. The number of hydrogen-bond donors (Lipinski definition) is 0. The standard InChI is InChI=1S/C43H74OS2/c1-4-6-8-10-12-14-16-18-20-22-24-26-28-30-32-39-34-41(45-36-39)43(38(3)44)42-35-40(37-46-42)33-31-29-27-25-23-21-19-17-15-13-11-9-7-5-2/h34-37,43H,4-33H2,1-3H3. The predicted molar refractivity (Wildman–Crippen MR) is 209 cm³/mol. The summed E-state index contributed by atoms with van der Waals surface area (Å²) in [5.74, 6) is 0.222. The van der Waals surface area contributed by atoms with Crippen molar-refractivity contribution in [3.8, 4) is 0 Å². The summed E-state index contributed by atoms with van der Waals surface area (Å²) in [6, 6.07) is 4.68. The van der Waals surface area contributed by atoms with Crippen LogP contribution in [0.15, 0.2) is 22.9 Å². The Morgan fingerprint density at radius 1 is 0.457 bits per heavy atom. The van der Waals surface area contributed by atoms with Gasteiger partial charge in [0.1, 0.15) is 5.78 Å². The second kappa shape index (κ2) is 29.0. The van der Waals surface area contributed by atoms with E-state index < -0.39 is 0 Å². The van der Waals surface area contributed by atoms with Gasteiger partial charge >= 0.3 is 0 Å². The van der Waals surface area contributed by atoms with Crippen LogP contribution in [0.25, 0.3) is 0 Å². The summed E-state index contributed by atoms with van der Waals surface area (Å²) in [6.07, 6.45) is 41.7. The predicted octanol–water partition coefficient (Wildman–Crippen LogP) is 15.6. The molecular formula is C43H74OS2. The third kappa shape index (κ3) is 20.4. The van der Waals surface area contributed by atoms with E-state index in [4.69, 9.17) is 0 Å². The monoisotopic (exact) mass is 671 g/mol. The number of Topliss-reactive ketones (excluding diaryl/α,β-unsaturated/α-hetero) is 1. The molecule has 0 aliphatic heterocycles. The molecule has 0 saturated heterocycles. The van der Waals surface area contributed by atoms with Crippen LogP contribution < -0.4 is 0 Å². The van der Waals surface area contributed by atoms with Crippen LogP contribution in [0.4, 0.5) is 0 Å². The lowest BCUT2D eigenvalue weighted by Crippen LogP contribution is -2.07. The molecule has 2 rings (SSSR count). The number of carbonyl (C=O) groups is 1. The summed E-state index contributed by atoms with van der Waals surface area (Å²) >= 11 is 3.60. The Kier molecular flexibility index (Phi) is 26.0. The van der Waals surface area contributed by atoms with Crippen LogP contribution in [0, 0.1) is 0 Å². The minimum Gasteiger partial charge on any atom is -0.299 e. The second-order valence-corrected chi connectivity index (χ2v) is 16.3. The number of rotatable bonds is 33. The van der Waals surface area contributed by atoms with Crippen molar-refractivity contribution in [1.29, 1.82) is 0 Å². The SMILES string of the molecule is CCCCCCCCCCCCCCCCc1csc(C(C(C)=O)c2cc(CCCCCCCCCCCCCCCC)cs2)c1. The molecule has 0 saturated carbocycles. The van der Waals surface area contributed by atoms with Crippen LogP contribution in [0.2, 0.25) is 0 Å². The minimum atomic E-state index is -0.0646. The molecule has 0 bridgehead atoms. The fraction of sp³-hybridized carbons (Fsp3) is 0.791. The molecule has 0 radical (unpaired) electrons. The summed E-state index contributed by atoms with van der Waals surface area (Å²) < 4.78 is 0.